The van der Waals surface area contributed by atoms with Gasteiger partial charge in [0.1, 0.15) is 16.7 Å². The summed E-state index contributed by atoms with van der Waals surface area (Å²) in [4.78, 5) is 17.9. The Morgan fingerprint density at radius 2 is 2.10 bits per heavy atom. The average Bonchev–Trinajstić information content (AvgIpc) is 2.89. The van der Waals surface area contributed by atoms with Crippen LogP contribution in [-0.4, -0.2) is 23.4 Å². The number of amides is 1. The first-order valence-corrected chi connectivity index (χ1v) is 9.24. The highest BCUT2D eigenvalue weighted by atomic mass is 33.1. The van der Waals surface area contributed by atoms with Crippen LogP contribution >= 0.6 is 33.5 Å². The van der Waals surface area contributed by atoms with Gasteiger partial charge in [0, 0.05) is 22.9 Å². The molecule has 0 bridgehead atoms. The van der Waals surface area contributed by atoms with Gasteiger partial charge in [0.25, 0.3) is 0 Å². The van der Waals surface area contributed by atoms with E-state index in [1.54, 1.807) is 7.05 Å². The molecule has 1 heterocycles. The van der Waals surface area contributed by atoms with Crippen LogP contribution in [-0.2, 0) is 9.57 Å². The Labute approximate surface area is 136 Å². The predicted octanol–water partition coefficient (Wildman–Crippen LogP) is 4.13. The zero-order valence-corrected chi connectivity index (χ0v) is 14.4. The number of rotatable bonds is 5. The summed E-state index contributed by atoms with van der Waals surface area (Å²) in [5.74, 6) is 1.27. The van der Waals surface area contributed by atoms with E-state index in [-0.39, 0.29) is 0 Å². The van der Waals surface area contributed by atoms with Crippen LogP contribution in [0, 0.1) is 6.92 Å². The molecule has 114 valence electrons. The number of carbonyl (C=O) groups excluding carboxylic acids is 1. The van der Waals surface area contributed by atoms with E-state index in [4.69, 9.17) is 9.57 Å². The number of nitrogens with one attached hydrogen (secondary N) is 1. The molecule has 1 aliphatic rings. The molecule has 2 rings (SSSR count). The molecule has 0 saturated carbocycles. The number of aryl methyl sites for hydroxylation is 1. The number of thioether (sulfide) groups is 1. The second-order valence-electron chi connectivity index (χ2n) is 4.23. The quantitative estimate of drug-likeness (QED) is 0.489. The van der Waals surface area contributed by atoms with Gasteiger partial charge in [-0.25, -0.2) is 14.6 Å². The van der Waals surface area contributed by atoms with Crippen LogP contribution in [0.2, 0.25) is 0 Å². The van der Waals surface area contributed by atoms with E-state index in [2.05, 4.69) is 5.48 Å². The Bertz CT molecular complexity index is 534. The van der Waals surface area contributed by atoms with Crippen molar-refractivity contribution in [1.82, 2.24) is 9.79 Å². The molecule has 0 fully saturated rings. The molecular weight excluding hydrogens is 328 g/mol. The monoisotopic (exact) mass is 344 g/mol. The molecule has 1 aliphatic heterocycles. The molecule has 0 aliphatic carbocycles. The maximum Gasteiger partial charge on any atom is 0.444 e. The first-order chi connectivity index (χ1) is 10.1. The molecule has 0 atom stereocenters. The molecule has 1 amide bonds. The van der Waals surface area contributed by atoms with Gasteiger partial charge in [-0.2, -0.15) is 0 Å². The van der Waals surface area contributed by atoms with Crippen molar-refractivity contribution in [1.29, 1.82) is 0 Å². The van der Waals surface area contributed by atoms with Gasteiger partial charge in [0.15, 0.2) is 0 Å². The number of hydrogen-bond donors (Lipinski definition) is 1. The van der Waals surface area contributed by atoms with Crippen molar-refractivity contribution in [3.05, 3.63) is 40.6 Å². The van der Waals surface area contributed by atoms with Gasteiger partial charge in [-0.15, -0.1) is 0 Å². The highest BCUT2D eigenvalue weighted by Gasteiger charge is 2.17. The number of nitrogens with zero attached hydrogens (tertiary/aromatic N) is 1. The van der Waals surface area contributed by atoms with E-state index in [1.807, 2.05) is 38.1 Å². The van der Waals surface area contributed by atoms with Crippen LogP contribution < -0.4 is 5.48 Å². The third-order valence-corrected chi connectivity index (χ3v) is 5.83. The smallest absolute Gasteiger partial charge is 0.444 e. The van der Waals surface area contributed by atoms with E-state index in [1.165, 1.54) is 43.4 Å². The summed E-state index contributed by atoms with van der Waals surface area (Å²) in [6, 6.07) is 8.11. The van der Waals surface area contributed by atoms with E-state index < -0.39 is 6.09 Å². The molecule has 5 nitrogen and oxygen atoms in total. The third kappa shape index (κ3) is 4.98. The fraction of sp³-hybridized carbons (Fsp3) is 0.308. The molecule has 1 aromatic carbocycles. The van der Waals surface area contributed by atoms with Gasteiger partial charge >= 0.3 is 6.09 Å². The van der Waals surface area contributed by atoms with Crippen LogP contribution in [0.3, 0.4) is 0 Å². The lowest BCUT2D eigenvalue weighted by molar-refractivity contribution is 0.0958. The van der Waals surface area contributed by atoms with Crippen LogP contribution in [0.5, 0.6) is 0 Å². The van der Waals surface area contributed by atoms with E-state index in [0.717, 1.165) is 15.7 Å². The van der Waals surface area contributed by atoms with Crippen molar-refractivity contribution >= 4 is 39.6 Å². The molecular formula is C13H16N2O3S3. The summed E-state index contributed by atoms with van der Waals surface area (Å²) >= 11 is 1.45. The van der Waals surface area contributed by atoms with E-state index in [0.29, 0.717) is 5.94 Å². The zero-order valence-electron chi connectivity index (χ0n) is 11.9. The number of hydrogen-bond acceptors (Lipinski definition) is 7. The Hall–Kier alpha value is -1.12. The fourth-order valence-electron chi connectivity index (χ4n) is 1.32. The van der Waals surface area contributed by atoms with Crippen LogP contribution in [0.1, 0.15) is 12.5 Å². The molecule has 0 unspecified atom stereocenters. The summed E-state index contributed by atoms with van der Waals surface area (Å²) < 4.78 is 6.66. The Kier molecular flexibility index (Phi) is 6.01. The van der Waals surface area contributed by atoms with Crippen molar-refractivity contribution in [3.63, 3.8) is 0 Å². The maximum absolute atomic E-state index is 11.8. The number of allylic oxidation sites excluding steroid dienone is 1. The van der Waals surface area contributed by atoms with Crippen molar-refractivity contribution in [3.8, 4) is 0 Å². The van der Waals surface area contributed by atoms with Crippen molar-refractivity contribution < 1.29 is 14.4 Å². The van der Waals surface area contributed by atoms with Crippen LogP contribution in [0.25, 0.3) is 0 Å². The standard InChI is InChI=1S/C13H16N2O3S3/c1-9-4-6-11(7-5-9)20-21-15(3)13(16)18-14-12-10(2)17-8-19-12/h4-7,14H,8H2,1-3H3. The lowest BCUT2D eigenvalue weighted by Crippen LogP contribution is -2.26. The van der Waals surface area contributed by atoms with Gasteiger partial charge in [0.2, 0.25) is 0 Å². The molecule has 1 N–H and O–H groups in total. The minimum atomic E-state index is -0.465. The first kappa shape index (κ1) is 16.3. The van der Waals surface area contributed by atoms with Crippen LogP contribution in [0.4, 0.5) is 4.79 Å². The Morgan fingerprint density at radius 3 is 2.71 bits per heavy atom. The SMILES string of the molecule is CC1=C(NOC(=O)N(C)SSc2ccc(C)cc2)SCO1. The third-order valence-electron chi connectivity index (χ3n) is 2.55. The highest BCUT2D eigenvalue weighted by Crippen LogP contribution is 2.33. The molecule has 0 saturated heterocycles. The summed E-state index contributed by atoms with van der Waals surface area (Å²) in [5, 5.41) is 0.730. The Morgan fingerprint density at radius 1 is 1.38 bits per heavy atom. The molecule has 21 heavy (non-hydrogen) atoms. The topological polar surface area (TPSA) is 50.8 Å². The fourth-order valence-corrected chi connectivity index (χ4v) is 3.69. The highest BCUT2D eigenvalue weighted by molar-refractivity contribution is 8.75. The molecule has 0 aromatic heterocycles. The minimum absolute atomic E-state index is 0.465. The second kappa shape index (κ2) is 7.77. The van der Waals surface area contributed by atoms with Crippen molar-refractivity contribution in [2.24, 2.45) is 0 Å². The summed E-state index contributed by atoms with van der Waals surface area (Å²) in [5.41, 5.74) is 3.83. The number of benzene rings is 1. The minimum Gasteiger partial charge on any atom is -0.484 e. The lowest BCUT2D eigenvalue weighted by atomic mass is 10.2. The van der Waals surface area contributed by atoms with E-state index >= 15 is 0 Å². The second-order valence-corrected chi connectivity index (χ2v) is 7.44. The normalized spacial score (nSPS) is 13.9. The predicted molar refractivity (Wildman–Crippen MR) is 88.2 cm³/mol. The van der Waals surface area contributed by atoms with Gasteiger partial charge in [-0.3, -0.25) is 0 Å². The van der Waals surface area contributed by atoms with Crippen molar-refractivity contribution in [2.75, 3.05) is 13.0 Å². The largest absolute Gasteiger partial charge is 0.484 e. The zero-order chi connectivity index (χ0) is 15.2. The first-order valence-electron chi connectivity index (χ1n) is 6.14. The van der Waals surface area contributed by atoms with Gasteiger partial charge in [-0.1, -0.05) is 29.5 Å². The van der Waals surface area contributed by atoms with Crippen LogP contribution in [0.15, 0.2) is 39.9 Å². The number of carbonyl (C=O) groups is 1. The van der Waals surface area contributed by atoms with Gasteiger partial charge < -0.3 is 9.57 Å². The summed E-state index contributed by atoms with van der Waals surface area (Å²) in [7, 11) is 4.47. The molecule has 8 heteroatoms. The van der Waals surface area contributed by atoms with E-state index in [9.17, 15) is 4.79 Å². The van der Waals surface area contributed by atoms with Gasteiger partial charge in [0.05, 0.1) is 0 Å². The van der Waals surface area contributed by atoms with Gasteiger partial charge in [-0.05, 0) is 36.8 Å². The average molecular weight is 344 g/mol. The molecule has 1 aromatic rings. The maximum atomic E-state index is 11.8. The number of hydroxylamine groups is 1. The summed E-state index contributed by atoms with van der Waals surface area (Å²) in [6.45, 7) is 3.86. The lowest BCUT2D eigenvalue weighted by Gasteiger charge is -2.15. The van der Waals surface area contributed by atoms with Crippen molar-refractivity contribution in [2.45, 2.75) is 18.7 Å². The summed E-state index contributed by atoms with van der Waals surface area (Å²) in [6.07, 6.45) is -0.465. The molecule has 0 spiro atoms. The molecule has 0 radical (unpaired) electrons. The Balaban J connectivity index is 1.74. The number of ether oxygens (including phenoxy) is 1.